The number of anilines is 1. The van der Waals surface area contributed by atoms with Crippen LogP contribution >= 0.6 is 0 Å². The molecule has 0 radical (unpaired) electrons. The normalized spacial score (nSPS) is 15.0. The molecule has 148 valence electrons. The van der Waals surface area contributed by atoms with Crippen molar-refractivity contribution in [2.75, 3.05) is 31.5 Å². The van der Waals surface area contributed by atoms with Gasteiger partial charge in [0.15, 0.2) is 0 Å². The molecule has 1 aliphatic heterocycles. The number of piperidine rings is 1. The number of nitrogens with zero attached hydrogens (tertiary/aromatic N) is 1. The van der Waals surface area contributed by atoms with Crippen LogP contribution in [0.15, 0.2) is 60.7 Å². The average Bonchev–Trinajstić information content (AvgIpc) is 2.71. The Labute approximate surface area is 166 Å². The molecule has 3 N–H and O–H groups in total. The Bertz CT molecular complexity index is 744. The summed E-state index contributed by atoms with van der Waals surface area (Å²) in [7, 11) is 0. The van der Waals surface area contributed by atoms with Crippen LogP contribution in [0.5, 0.6) is 0 Å². The molecule has 0 saturated carbocycles. The summed E-state index contributed by atoms with van der Waals surface area (Å²) in [6.45, 7) is 2.60. The fourth-order valence-corrected chi connectivity index (χ4v) is 3.36. The van der Waals surface area contributed by atoms with Gasteiger partial charge in [-0.1, -0.05) is 48.5 Å². The third-order valence-corrected chi connectivity index (χ3v) is 4.89. The van der Waals surface area contributed by atoms with Gasteiger partial charge in [-0.2, -0.15) is 0 Å². The van der Waals surface area contributed by atoms with E-state index in [-0.39, 0.29) is 18.0 Å². The second-order valence-corrected chi connectivity index (χ2v) is 7.10. The van der Waals surface area contributed by atoms with Crippen molar-refractivity contribution in [1.29, 1.82) is 0 Å². The van der Waals surface area contributed by atoms with Crippen molar-refractivity contribution < 1.29 is 9.59 Å². The predicted octanol–water partition coefficient (Wildman–Crippen LogP) is 2.63. The van der Waals surface area contributed by atoms with Gasteiger partial charge in [0.1, 0.15) is 0 Å². The molecule has 1 fully saturated rings. The number of hydrogen-bond donors (Lipinski definition) is 3. The van der Waals surface area contributed by atoms with Crippen molar-refractivity contribution in [2.45, 2.75) is 25.3 Å². The Morgan fingerprint density at radius 1 is 0.929 bits per heavy atom. The van der Waals surface area contributed by atoms with Crippen LogP contribution in [0, 0.1) is 0 Å². The Morgan fingerprint density at radius 2 is 1.57 bits per heavy atom. The summed E-state index contributed by atoms with van der Waals surface area (Å²) in [6, 6.07) is 19.6. The van der Waals surface area contributed by atoms with Gasteiger partial charge in [0.25, 0.3) is 0 Å². The second-order valence-electron chi connectivity index (χ2n) is 7.10. The molecule has 3 amide bonds. The van der Waals surface area contributed by atoms with Gasteiger partial charge in [0.05, 0.1) is 6.54 Å². The minimum Gasteiger partial charge on any atom is -0.338 e. The highest BCUT2D eigenvalue weighted by atomic mass is 16.2. The first-order valence-electron chi connectivity index (χ1n) is 9.84. The minimum atomic E-state index is -0.115. The number of benzene rings is 2. The maximum atomic E-state index is 12.1. The van der Waals surface area contributed by atoms with Gasteiger partial charge in [0, 0.05) is 31.4 Å². The molecular weight excluding hydrogens is 352 g/mol. The lowest BCUT2D eigenvalue weighted by Crippen LogP contribution is -2.49. The summed E-state index contributed by atoms with van der Waals surface area (Å²) < 4.78 is 0. The van der Waals surface area contributed by atoms with Crippen molar-refractivity contribution in [1.82, 2.24) is 15.5 Å². The molecule has 2 aromatic carbocycles. The number of likely N-dealkylation sites (tertiary alicyclic amines) is 1. The number of nitrogens with one attached hydrogen (secondary N) is 3. The van der Waals surface area contributed by atoms with Crippen molar-refractivity contribution in [3.8, 4) is 0 Å². The van der Waals surface area contributed by atoms with E-state index in [4.69, 9.17) is 0 Å². The van der Waals surface area contributed by atoms with Crippen molar-refractivity contribution >= 4 is 17.6 Å². The molecule has 1 saturated heterocycles. The third kappa shape index (κ3) is 6.70. The summed E-state index contributed by atoms with van der Waals surface area (Å²) in [5, 5.41) is 8.87. The van der Waals surface area contributed by atoms with Crippen molar-refractivity contribution in [3.63, 3.8) is 0 Å². The fraction of sp³-hybridized carbons (Fsp3) is 0.364. The zero-order chi connectivity index (χ0) is 19.6. The monoisotopic (exact) mass is 380 g/mol. The van der Waals surface area contributed by atoms with E-state index < -0.39 is 0 Å². The van der Waals surface area contributed by atoms with E-state index in [1.165, 1.54) is 5.56 Å². The van der Waals surface area contributed by atoms with E-state index in [0.717, 1.165) is 38.0 Å². The zero-order valence-corrected chi connectivity index (χ0v) is 16.1. The molecule has 0 bridgehead atoms. The van der Waals surface area contributed by atoms with E-state index in [1.54, 1.807) is 0 Å². The molecule has 0 aromatic heterocycles. The average molecular weight is 380 g/mol. The molecule has 0 unspecified atom stereocenters. The molecule has 28 heavy (non-hydrogen) atoms. The van der Waals surface area contributed by atoms with Crippen LogP contribution in [-0.2, 0) is 11.2 Å². The number of urea groups is 1. The van der Waals surface area contributed by atoms with Gasteiger partial charge < -0.3 is 16.0 Å². The number of rotatable bonds is 7. The van der Waals surface area contributed by atoms with E-state index in [0.29, 0.717) is 13.1 Å². The van der Waals surface area contributed by atoms with Crippen LogP contribution in [0.4, 0.5) is 10.5 Å². The summed E-state index contributed by atoms with van der Waals surface area (Å²) in [5.41, 5.74) is 2.03. The Balaban J connectivity index is 1.30. The lowest BCUT2D eigenvalue weighted by Gasteiger charge is -2.31. The van der Waals surface area contributed by atoms with Crippen LogP contribution in [0.25, 0.3) is 0 Å². The Morgan fingerprint density at radius 3 is 2.25 bits per heavy atom. The molecule has 2 aromatic rings. The Hall–Kier alpha value is -2.86. The molecule has 0 aliphatic carbocycles. The first-order valence-corrected chi connectivity index (χ1v) is 9.84. The van der Waals surface area contributed by atoms with Gasteiger partial charge >= 0.3 is 6.03 Å². The lowest BCUT2D eigenvalue weighted by molar-refractivity contribution is -0.117. The highest BCUT2D eigenvalue weighted by molar-refractivity contribution is 5.92. The fourth-order valence-electron chi connectivity index (χ4n) is 3.36. The largest absolute Gasteiger partial charge is 0.338 e. The topological polar surface area (TPSA) is 73.5 Å². The predicted molar refractivity (Wildman–Crippen MR) is 111 cm³/mol. The van der Waals surface area contributed by atoms with Crippen LogP contribution in [0.3, 0.4) is 0 Å². The van der Waals surface area contributed by atoms with E-state index in [2.05, 4.69) is 33.0 Å². The second kappa shape index (κ2) is 10.5. The standard InChI is InChI=1S/C22H28N4O2/c27-21(24-19-9-5-2-6-10-19)17-26-15-12-20(13-16-26)25-22(28)23-14-11-18-7-3-1-4-8-18/h1-10,20H,11-17H2,(H,24,27)(H2,23,25,28). The SMILES string of the molecule is O=C(CN1CCC(NC(=O)NCCc2ccccc2)CC1)Nc1ccccc1. The third-order valence-electron chi connectivity index (χ3n) is 4.89. The quantitative estimate of drug-likeness (QED) is 0.691. The first-order chi connectivity index (χ1) is 13.7. The highest BCUT2D eigenvalue weighted by Gasteiger charge is 2.22. The summed E-state index contributed by atoms with van der Waals surface area (Å²) in [4.78, 5) is 26.3. The molecule has 0 spiro atoms. The summed E-state index contributed by atoms with van der Waals surface area (Å²) >= 11 is 0. The smallest absolute Gasteiger partial charge is 0.315 e. The van der Waals surface area contributed by atoms with Crippen LogP contribution < -0.4 is 16.0 Å². The number of hydrogen-bond acceptors (Lipinski definition) is 3. The molecule has 3 rings (SSSR count). The summed E-state index contributed by atoms with van der Waals surface area (Å²) in [6.07, 6.45) is 2.53. The molecule has 1 heterocycles. The number of carbonyl (C=O) groups excluding carboxylic acids is 2. The number of para-hydroxylation sites is 1. The van der Waals surface area contributed by atoms with Gasteiger partial charge in [-0.25, -0.2) is 4.79 Å². The first kappa shape index (κ1) is 19.9. The zero-order valence-electron chi connectivity index (χ0n) is 16.1. The van der Waals surface area contributed by atoms with Crippen molar-refractivity contribution in [3.05, 3.63) is 66.2 Å². The molecular formula is C22H28N4O2. The molecule has 0 atom stereocenters. The van der Waals surface area contributed by atoms with Gasteiger partial charge in [0.2, 0.25) is 5.91 Å². The maximum absolute atomic E-state index is 12.1. The van der Waals surface area contributed by atoms with Crippen molar-refractivity contribution in [2.24, 2.45) is 0 Å². The van der Waals surface area contributed by atoms with E-state index >= 15 is 0 Å². The van der Waals surface area contributed by atoms with Gasteiger partial charge in [-0.3, -0.25) is 9.69 Å². The van der Waals surface area contributed by atoms with Crippen LogP contribution in [-0.4, -0.2) is 49.1 Å². The molecule has 1 aliphatic rings. The number of carbonyl (C=O) groups is 2. The number of amides is 3. The van der Waals surface area contributed by atoms with Gasteiger partial charge in [-0.15, -0.1) is 0 Å². The van der Waals surface area contributed by atoms with Gasteiger partial charge in [-0.05, 0) is 37.0 Å². The van der Waals surface area contributed by atoms with E-state index in [9.17, 15) is 9.59 Å². The minimum absolute atomic E-state index is 0.00346. The Kier molecular flexibility index (Phi) is 7.44. The van der Waals surface area contributed by atoms with Crippen LogP contribution in [0.2, 0.25) is 0 Å². The summed E-state index contributed by atoms with van der Waals surface area (Å²) in [5.74, 6) is -0.00346. The lowest BCUT2D eigenvalue weighted by atomic mass is 10.1. The van der Waals surface area contributed by atoms with E-state index in [1.807, 2.05) is 48.5 Å². The van der Waals surface area contributed by atoms with Crippen LogP contribution in [0.1, 0.15) is 18.4 Å². The molecule has 6 heteroatoms. The highest BCUT2D eigenvalue weighted by Crippen LogP contribution is 2.11. The maximum Gasteiger partial charge on any atom is 0.315 e. The molecule has 6 nitrogen and oxygen atoms in total.